The number of aliphatic carboxylic acids is 2. The van der Waals surface area contributed by atoms with Crippen molar-refractivity contribution < 1.29 is 33.6 Å². The van der Waals surface area contributed by atoms with Gasteiger partial charge in [-0.05, 0) is 47.9 Å². The summed E-state index contributed by atoms with van der Waals surface area (Å²) in [6.07, 6.45) is 2.77. The smallest absolute Gasteiger partial charge is 0.334 e. The molecule has 13 heteroatoms. The van der Waals surface area contributed by atoms with Gasteiger partial charge in [-0.15, -0.1) is 0 Å². The number of halogens is 2. The van der Waals surface area contributed by atoms with E-state index in [1.165, 1.54) is 12.1 Å². The number of carboxylic acid groups (broad SMARTS) is 2. The molecule has 0 spiro atoms. The fourth-order valence-electron chi connectivity index (χ4n) is 8.40. The summed E-state index contributed by atoms with van der Waals surface area (Å²) in [5, 5.41) is 24.1. The SMILES string of the molecule is C[C@@]12CC(=O)C[C@]1(C)CC(N1CCN(C(=O)CC3=C(C(=O)O)C(c4c(Cl)cccc4Cl)C(C(=O)O)=C(CS(=O)c4ccccc4)N3)CC1)C2. The Hall–Kier alpha value is -3.51. The number of hydrogen-bond donors (Lipinski definition) is 3. The molecule has 2 aromatic rings. The summed E-state index contributed by atoms with van der Waals surface area (Å²) in [6.45, 7) is 6.63. The number of nitrogens with zero attached hydrogens (tertiary/aromatic N) is 2. The van der Waals surface area contributed by atoms with Crippen molar-refractivity contribution >= 4 is 57.6 Å². The summed E-state index contributed by atoms with van der Waals surface area (Å²) in [7, 11) is -1.71. The molecule has 2 saturated carbocycles. The third-order valence-electron chi connectivity index (χ3n) is 11.1. The molecular formula is C36H39Cl2N3O7S. The summed E-state index contributed by atoms with van der Waals surface area (Å²) in [4.78, 5) is 56.6. The van der Waals surface area contributed by atoms with Crippen LogP contribution >= 0.6 is 23.2 Å². The molecule has 2 heterocycles. The maximum atomic E-state index is 13.9. The van der Waals surface area contributed by atoms with Crippen molar-refractivity contribution in [2.24, 2.45) is 10.8 Å². The Morgan fingerprint density at radius 2 is 1.41 bits per heavy atom. The van der Waals surface area contributed by atoms with E-state index < -0.39 is 28.7 Å². The van der Waals surface area contributed by atoms with E-state index in [9.17, 15) is 33.6 Å². The Kier molecular flexibility index (Phi) is 9.85. The van der Waals surface area contributed by atoms with Gasteiger partial charge in [-0.1, -0.05) is 61.3 Å². The predicted octanol–water partition coefficient (Wildman–Crippen LogP) is 5.24. The van der Waals surface area contributed by atoms with Gasteiger partial charge in [-0.25, -0.2) is 9.59 Å². The van der Waals surface area contributed by atoms with Gasteiger partial charge < -0.3 is 20.4 Å². The number of Topliss-reactive ketones (excluding diaryl/α,β-unsaturated/α-hetero) is 1. The van der Waals surface area contributed by atoms with Crippen LogP contribution in [-0.4, -0.2) is 85.8 Å². The van der Waals surface area contributed by atoms with Crippen LogP contribution in [0.5, 0.6) is 0 Å². The van der Waals surface area contributed by atoms with E-state index in [4.69, 9.17) is 23.2 Å². The number of dihydropyridines is 1. The number of carbonyl (C=O) groups is 4. The van der Waals surface area contributed by atoms with Crippen molar-refractivity contribution in [3.05, 3.63) is 86.7 Å². The zero-order valence-electron chi connectivity index (χ0n) is 27.3. The molecule has 0 radical (unpaired) electrons. The third kappa shape index (κ3) is 6.70. The summed E-state index contributed by atoms with van der Waals surface area (Å²) in [5.74, 6) is -4.58. The van der Waals surface area contributed by atoms with Crippen LogP contribution in [0, 0.1) is 10.8 Å². The normalized spacial score (nSPS) is 28.0. The largest absolute Gasteiger partial charge is 0.478 e. The number of hydrogen-bond acceptors (Lipinski definition) is 7. The molecule has 6 rings (SSSR count). The first-order chi connectivity index (χ1) is 23.2. The van der Waals surface area contributed by atoms with Gasteiger partial charge >= 0.3 is 11.9 Å². The summed E-state index contributed by atoms with van der Waals surface area (Å²) in [6, 6.07) is 13.4. The molecule has 10 nitrogen and oxygen atoms in total. The van der Waals surface area contributed by atoms with E-state index in [1.807, 2.05) is 0 Å². The molecule has 3 unspecified atom stereocenters. The van der Waals surface area contributed by atoms with Gasteiger partial charge in [0.05, 0.1) is 40.0 Å². The highest BCUT2D eigenvalue weighted by Crippen LogP contribution is 2.62. The van der Waals surface area contributed by atoms with E-state index in [0.29, 0.717) is 55.7 Å². The van der Waals surface area contributed by atoms with Gasteiger partial charge in [0.15, 0.2) is 0 Å². The van der Waals surface area contributed by atoms with Crippen LogP contribution in [-0.2, 0) is 30.0 Å². The summed E-state index contributed by atoms with van der Waals surface area (Å²) >= 11 is 13.1. The Bertz CT molecular complexity index is 1760. The molecule has 2 aromatic carbocycles. The Balaban J connectivity index is 1.27. The van der Waals surface area contributed by atoms with Crippen LogP contribution < -0.4 is 5.32 Å². The maximum absolute atomic E-state index is 13.9. The average molecular weight is 729 g/mol. The molecule has 3 fully saturated rings. The van der Waals surface area contributed by atoms with E-state index in [-0.39, 0.29) is 67.1 Å². The predicted molar refractivity (Wildman–Crippen MR) is 186 cm³/mol. The fourth-order valence-corrected chi connectivity index (χ4v) is 10.1. The lowest BCUT2D eigenvalue weighted by atomic mass is 9.71. The number of carbonyl (C=O) groups excluding carboxylic acids is 2. The minimum Gasteiger partial charge on any atom is -0.478 e. The number of amides is 1. The Morgan fingerprint density at radius 3 is 1.96 bits per heavy atom. The number of fused-ring (bicyclic) bond motifs is 1. The van der Waals surface area contributed by atoms with Gasteiger partial charge in [-0.3, -0.25) is 18.7 Å². The highest BCUT2D eigenvalue weighted by molar-refractivity contribution is 7.85. The zero-order chi connectivity index (χ0) is 35.2. The topological polar surface area (TPSA) is 144 Å². The van der Waals surface area contributed by atoms with Gasteiger partial charge in [0.2, 0.25) is 5.91 Å². The Labute approximate surface area is 297 Å². The van der Waals surface area contributed by atoms with Crippen molar-refractivity contribution in [2.75, 3.05) is 31.9 Å². The quantitative estimate of drug-likeness (QED) is 0.316. The number of benzene rings is 2. The molecule has 3 N–H and O–H groups in total. The first-order valence-electron chi connectivity index (χ1n) is 16.3. The number of piperazine rings is 1. The number of ketones is 1. The van der Waals surface area contributed by atoms with Crippen LogP contribution in [0.1, 0.15) is 57.4 Å². The second-order valence-electron chi connectivity index (χ2n) is 14.1. The first-order valence-corrected chi connectivity index (χ1v) is 18.4. The Morgan fingerprint density at radius 1 is 0.857 bits per heavy atom. The molecule has 5 atom stereocenters. The first kappa shape index (κ1) is 35.3. The van der Waals surface area contributed by atoms with E-state index in [2.05, 4.69) is 24.1 Å². The summed E-state index contributed by atoms with van der Waals surface area (Å²) < 4.78 is 13.5. The van der Waals surface area contributed by atoms with Crippen molar-refractivity contribution in [1.82, 2.24) is 15.1 Å². The van der Waals surface area contributed by atoms with Gasteiger partial charge in [-0.2, -0.15) is 0 Å². The standard InChI is InChI=1S/C36H39Cl2N3O7S/c1-35-16-21(17-36(35,2)19-22(42)18-35)40-11-13-41(14-12-40)28(43)15-26-30(33(44)45)32(29-24(37)9-6-10-25(29)38)31(34(46)47)27(39-26)20-49(48)23-7-4-3-5-8-23/h3-10,21,32,39H,11-20H2,1-2H3,(H,44,45)(H,46,47)/t21?,32?,35-,36+,49?. The fraction of sp³-hybridized carbons (Fsp3) is 0.444. The molecule has 1 amide bonds. The monoisotopic (exact) mass is 727 g/mol. The lowest BCUT2D eigenvalue weighted by Gasteiger charge is -2.39. The lowest BCUT2D eigenvalue weighted by Crippen LogP contribution is -2.52. The molecular weight excluding hydrogens is 689 g/mol. The highest BCUT2D eigenvalue weighted by Gasteiger charge is 2.59. The molecule has 49 heavy (non-hydrogen) atoms. The minimum atomic E-state index is -1.71. The molecule has 1 saturated heterocycles. The van der Waals surface area contributed by atoms with Crippen molar-refractivity contribution in [3.8, 4) is 0 Å². The number of nitrogens with one attached hydrogen (secondary N) is 1. The second-order valence-corrected chi connectivity index (χ2v) is 16.3. The van der Waals surface area contributed by atoms with E-state index in [0.717, 1.165) is 12.8 Å². The minimum absolute atomic E-state index is 0.000104. The van der Waals surface area contributed by atoms with Crippen LogP contribution in [0.3, 0.4) is 0 Å². The van der Waals surface area contributed by atoms with Crippen molar-refractivity contribution in [2.45, 2.75) is 62.8 Å². The summed E-state index contributed by atoms with van der Waals surface area (Å²) in [5.41, 5.74) is -0.650. The molecule has 2 aliphatic heterocycles. The second kappa shape index (κ2) is 13.7. The van der Waals surface area contributed by atoms with Gasteiger partial charge in [0.1, 0.15) is 5.78 Å². The third-order valence-corrected chi connectivity index (χ3v) is 13.1. The lowest BCUT2D eigenvalue weighted by molar-refractivity contribution is -0.133. The van der Waals surface area contributed by atoms with Crippen LogP contribution in [0.15, 0.2) is 76.0 Å². The highest BCUT2D eigenvalue weighted by atomic mass is 35.5. The van der Waals surface area contributed by atoms with Gasteiger partial charge in [0.25, 0.3) is 0 Å². The van der Waals surface area contributed by atoms with E-state index >= 15 is 0 Å². The molecule has 4 aliphatic rings. The average Bonchev–Trinajstić information content (AvgIpc) is 3.42. The van der Waals surface area contributed by atoms with Crippen LogP contribution in [0.2, 0.25) is 10.0 Å². The number of rotatable bonds is 9. The molecule has 0 aromatic heterocycles. The van der Waals surface area contributed by atoms with Crippen LogP contribution in [0.25, 0.3) is 0 Å². The van der Waals surface area contributed by atoms with Crippen molar-refractivity contribution in [3.63, 3.8) is 0 Å². The van der Waals surface area contributed by atoms with Gasteiger partial charge in [0, 0.05) is 77.0 Å². The molecule has 2 aliphatic carbocycles. The molecule has 260 valence electrons. The van der Waals surface area contributed by atoms with E-state index in [1.54, 1.807) is 41.3 Å². The number of carboxylic acids is 2. The zero-order valence-corrected chi connectivity index (χ0v) is 29.7. The maximum Gasteiger partial charge on any atom is 0.334 e. The molecule has 0 bridgehead atoms. The van der Waals surface area contributed by atoms with Crippen LogP contribution in [0.4, 0.5) is 0 Å². The van der Waals surface area contributed by atoms with Crippen molar-refractivity contribution in [1.29, 1.82) is 0 Å².